The summed E-state index contributed by atoms with van der Waals surface area (Å²) in [6.45, 7) is 1.98. The largest absolute Gasteiger partial charge is 0.493 e. The lowest BCUT2D eigenvalue weighted by molar-refractivity contribution is 0.109. The Balaban J connectivity index is 1.47. The summed E-state index contributed by atoms with van der Waals surface area (Å²) in [5, 5.41) is 13.1. The van der Waals surface area contributed by atoms with Gasteiger partial charge in [0.25, 0.3) is 0 Å². The number of nitrogens with zero attached hydrogens (tertiary/aromatic N) is 5. The molecule has 2 aliphatic rings. The quantitative estimate of drug-likeness (QED) is 0.496. The monoisotopic (exact) mass is 482 g/mol. The number of aliphatic hydroxyl groups is 1. The van der Waals surface area contributed by atoms with Crippen molar-refractivity contribution in [1.82, 2.24) is 19.5 Å². The fraction of sp³-hybridized carbons (Fsp3) is 0.458. The van der Waals surface area contributed by atoms with Gasteiger partial charge in [-0.3, -0.25) is 0 Å². The lowest BCUT2D eigenvalue weighted by atomic mass is 10.1. The lowest BCUT2D eigenvalue weighted by Crippen LogP contribution is -2.34. The minimum Gasteiger partial charge on any atom is -0.493 e. The second kappa shape index (κ2) is 9.96. The average molecular weight is 483 g/mol. The van der Waals surface area contributed by atoms with Crippen molar-refractivity contribution in [3.63, 3.8) is 0 Å². The van der Waals surface area contributed by atoms with Crippen LogP contribution >= 0.6 is 0 Å². The number of benzene rings is 1. The Hall–Kier alpha value is -3.57. The molecule has 11 nitrogen and oxygen atoms in total. The Kier molecular flexibility index (Phi) is 6.60. The van der Waals surface area contributed by atoms with Gasteiger partial charge in [0.15, 0.2) is 11.5 Å². The second-order valence-corrected chi connectivity index (χ2v) is 8.45. The molecule has 2 aromatic heterocycles. The Morgan fingerprint density at radius 3 is 2.66 bits per heavy atom. The van der Waals surface area contributed by atoms with E-state index in [1.807, 2.05) is 22.9 Å². The van der Waals surface area contributed by atoms with Crippen molar-refractivity contribution >= 4 is 17.6 Å². The molecule has 5 rings (SSSR count). The van der Waals surface area contributed by atoms with Gasteiger partial charge in [-0.1, -0.05) is 0 Å². The van der Waals surface area contributed by atoms with Crippen LogP contribution in [0.4, 0.5) is 17.6 Å². The molecule has 0 unspecified atom stereocenters. The number of methoxy groups -OCH3 is 3. The van der Waals surface area contributed by atoms with Crippen molar-refractivity contribution < 1.29 is 24.1 Å². The van der Waals surface area contributed by atoms with Gasteiger partial charge in [0.05, 0.1) is 64.8 Å². The molecule has 0 spiro atoms. The number of hydrogen-bond donors (Lipinski definition) is 2. The fourth-order valence-corrected chi connectivity index (χ4v) is 4.61. The van der Waals surface area contributed by atoms with Crippen LogP contribution in [0.25, 0.3) is 5.69 Å². The first kappa shape index (κ1) is 23.2. The van der Waals surface area contributed by atoms with Gasteiger partial charge in [-0.25, -0.2) is 9.97 Å². The van der Waals surface area contributed by atoms with E-state index in [1.54, 1.807) is 27.7 Å². The minimum atomic E-state index is 0.0416. The molecule has 11 heteroatoms. The third-order valence-corrected chi connectivity index (χ3v) is 6.43. The number of fused-ring (bicyclic) bond motifs is 1. The highest BCUT2D eigenvalue weighted by Crippen LogP contribution is 2.39. The van der Waals surface area contributed by atoms with Gasteiger partial charge in [0.1, 0.15) is 18.0 Å². The van der Waals surface area contributed by atoms with Gasteiger partial charge >= 0.3 is 0 Å². The van der Waals surface area contributed by atoms with Crippen molar-refractivity contribution in [2.45, 2.75) is 31.9 Å². The maximum atomic E-state index is 9.79. The Morgan fingerprint density at radius 1 is 1.14 bits per heavy atom. The summed E-state index contributed by atoms with van der Waals surface area (Å²) in [5.74, 6) is 3.57. The number of ether oxygens (including phenoxy) is 4. The first-order valence-electron chi connectivity index (χ1n) is 11.6. The van der Waals surface area contributed by atoms with Crippen LogP contribution in [-0.4, -0.2) is 71.8 Å². The smallest absolute Gasteiger partial charge is 0.227 e. The maximum Gasteiger partial charge on any atom is 0.227 e. The minimum absolute atomic E-state index is 0.0416. The topological polar surface area (TPSA) is 116 Å². The summed E-state index contributed by atoms with van der Waals surface area (Å²) >= 11 is 0. The van der Waals surface area contributed by atoms with Crippen LogP contribution in [-0.2, 0) is 17.8 Å². The molecular weight excluding hydrogens is 452 g/mol. The summed E-state index contributed by atoms with van der Waals surface area (Å²) in [7, 11) is 4.74. The molecule has 186 valence electrons. The van der Waals surface area contributed by atoms with E-state index in [9.17, 15) is 5.11 Å². The van der Waals surface area contributed by atoms with Gasteiger partial charge in [-0.2, -0.15) is 4.98 Å². The Bertz CT molecular complexity index is 1170. The van der Waals surface area contributed by atoms with Crippen LogP contribution < -0.4 is 24.4 Å². The first-order chi connectivity index (χ1) is 17.1. The zero-order chi connectivity index (χ0) is 24.4. The molecule has 0 saturated carbocycles. The number of imidazole rings is 1. The number of aromatic nitrogens is 4. The molecule has 35 heavy (non-hydrogen) atoms. The van der Waals surface area contributed by atoms with E-state index < -0.39 is 0 Å². The molecule has 0 amide bonds. The molecule has 2 aliphatic heterocycles. The zero-order valence-electron chi connectivity index (χ0n) is 20.2. The van der Waals surface area contributed by atoms with E-state index >= 15 is 0 Å². The molecule has 1 fully saturated rings. The first-order valence-corrected chi connectivity index (χ1v) is 11.6. The van der Waals surface area contributed by atoms with Gasteiger partial charge in [-0.05, 0) is 12.8 Å². The van der Waals surface area contributed by atoms with Crippen molar-refractivity contribution in [1.29, 1.82) is 0 Å². The van der Waals surface area contributed by atoms with E-state index in [0.29, 0.717) is 48.0 Å². The molecule has 1 aromatic carbocycles. The van der Waals surface area contributed by atoms with Gasteiger partial charge in [-0.15, -0.1) is 0 Å². The standard InChI is InChI=1S/C24H30N6O5/c1-32-19-9-16(10-20(33-2)22(19)34-3)29-11-21(25-14-29)27-23-17-13-35-8-6-18(17)26-24(28-23)30-7-4-5-15(30)12-31/h9-11,14-15,31H,4-8,12-13H2,1-3H3,(H,26,27,28)/t15-/m0/s1. The lowest BCUT2D eigenvalue weighted by Gasteiger charge is -2.26. The summed E-state index contributed by atoms with van der Waals surface area (Å²) < 4.78 is 23.9. The van der Waals surface area contributed by atoms with Crippen molar-refractivity contribution in [2.75, 3.05) is 51.3 Å². The molecule has 1 atom stereocenters. The fourth-order valence-electron chi connectivity index (χ4n) is 4.61. The van der Waals surface area contributed by atoms with Gasteiger partial charge in [0.2, 0.25) is 11.7 Å². The molecule has 1 saturated heterocycles. The van der Waals surface area contributed by atoms with E-state index in [0.717, 1.165) is 42.8 Å². The number of nitrogens with one attached hydrogen (secondary N) is 1. The van der Waals surface area contributed by atoms with Crippen LogP contribution in [0.5, 0.6) is 17.2 Å². The predicted molar refractivity (Wildman–Crippen MR) is 129 cm³/mol. The molecule has 0 aliphatic carbocycles. The molecular formula is C24H30N6O5. The summed E-state index contributed by atoms with van der Waals surface area (Å²) in [6, 6.07) is 3.75. The van der Waals surface area contributed by atoms with Crippen molar-refractivity contribution in [3.05, 3.63) is 35.9 Å². The van der Waals surface area contributed by atoms with Crippen molar-refractivity contribution in [3.8, 4) is 22.9 Å². The molecule has 0 bridgehead atoms. The van der Waals surface area contributed by atoms with Crippen LogP contribution in [0.1, 0.15) is 24.1 Å². The second-order valence-electron chi connectivity index (χ2n) is 8.45. The third kappa shape index (κ3) is 4.44. The van der Waals surface area contributed by atoms with E-state index in [1.165, 1.54) is 0 Å². The number of hydrogen-bond acceptors (Lipinski definition) is 10. The third-order valence-electron chi connectivity index (χ3n) is 6.43. The zero-order valence-corrected chi connectivity index (χ0v) is 20.2. The van der Waals surface area contributed by atoms with Crippen LogP contribution in [0.2, 0.25) is 0 Å². The molecule has 2 N–H and O–H groups in total. The van der Waals surface area contributed by atoms with Gasteiger partial charge in [0, 0.05) is 30.7 Å². The SMILES string of the molecule is COc1cc(-n2cnc(Nc3nc(N4CCC[C@H]4CO)nc4c3COCC4)c2)cc(OC)c1OC. The number of rotatable bonds is 8. The van der Waals surface area contributed by atoms with Crippen LogP contribution in [0, 0.1) is 0 Å². The average Bonchev–Trinajstić information content (AvgIpc) is 3.57. The number of aliphatic hydroxyl groups excluding tert-OH is 1. The van der Waals surface area contributed by atoms with E-state index in [4.69, 9.17) is 28.9 Å². The Morgan fingerprint density at radius 2 is 1.94 bits per heavy atom. The van der Waals surface area contributed by atoms with E-state index in [2.05, 4.69) is 15.2 Å². The van der Waals surface area contributed by atoms with Crippen LogP contribution in [0.3, 0.4) is 0 Å². The molecule has 4 heterocycles. The summed E-state index contributed by atoms with van der Waals surface area (Å²) in [4.78, 5) is 16.3. The Labute approximate surface area is 203 Å². The summed E-state index contributed by atoms with van der Waals surface area (Å²) in [6.07, 6.45) is 6.23. The normalized spacial score (nSPS) is 17.3. The van der Waals surface area contributed by atoms with Crippen molar-refractivity contribution in [2.24, 2.45) is 0 Å². The predicted octanol–water partition coefficient (Wildman–Crippen LogP) is 2.47. The van der Waals surface area contributed by atoms with E-state index in [-0.39, 0.29) is 12.6 Å². The van der Waals surface area contributed by atoms with Gasteiger partial charge < -0.3 is 38.8 Å². The highest BCUT2D eigenvalue weighted by molar-refractivity contribution is 5.62. The molecule has 0 radical (unpaired) electrons. The van der Waals surface area contributed by atoms with Crippen LogP contribution in [0.15, 0.2) is 24.7 Å². The summed E-state index contributed by atoms with van der Waals surface area (Å²) in [5.41, 5.74) is 2.70. The molecule has 3 aromatic rings. The maximum absolute atomic E-state index is 9.79. The highest BCUT2D eigenvalue weighted by atomic mass is 16.5. The highest BCUT2D eigenvalue weighted by Gasteiger charge is 2.28. The number of anilines is 3.